The number of amides is 1. The standard InChI is InChI=1S/C15H19FN4O/c1-9(2)20-12-5-3-4-10(16)14(12)19-13(20)8-11-15(21)18-7-6-17-11/h3-5,9,11,17H,6-8H2,1-2H3,(H,18,21). The molecule has 3 rings (SSSR count). The molecule has 2 N–H and O–H groups in total. The molecule has 0 saturated carbocycles. The Labute approximate surface area is 122 Å². The number of hydrogen-bond acceptors (Lipinski definition) is 3. The van der Waals surface area contributed by atoms with E-state index in [1.54, 1.807) is 6.07 Å². The first kappa shape index (κ1) is 14.0. The number of carbonyl (C=O) groups is 1. The van der Waals surface area contributed by atoms with Crippen molar-refractivity contribution in [2.75, 3.05) is 13.1 Å². The molecule has 1 unspecified atom stereocenters. The van der Waals surface area contributed by atoms with Gasteiger partial charge in [0.05, 0.1) is 11.6 Å². The van der Waals surface area contributed by atoms with Crippen LogP contribution in [0.25, 0.3) is 11.0 Å². The van der Waals surface area contributed by atoms with Crippen molar-refractivity contribution in [2.24, 2.45) is 0 Å². The van der Waals surface area contributed by atoms with Gasteiger partial charge < -0.3 is 15.2 Å². The molecule has 1 fully saturated rings. The molecule has 6 heteroatoms. The fourth-order valence-corrected chi connectivity index (χ4v) is 2.85. The van der Waals surface area contributed by atoms with Gasteiger partial charge in [-0.05, 0) is 26.0 Å². The zero-order valence-electron chi connectivity index (χ0n) is 12.2. The fourth-order valence-electron chi connectivity index (χ4n) is 2.85. The molecule has 1 aliphatic rings. The number of carbonyl (C=O) groups excluding carboxylic acids is 1. The van der Waals surface area contributed by atoms with Gasteiger partial charge in [0.2, 0.25) is 5.91 Å². The first-order valence-electron chi connectivity index (χ1n) is 7.24. The molecule has 2 aromatic rings. The predicted octanol–water partition coefficient (Wildman–Crippen LogP) is 1.39. The highest BCUT2D eigenvalue weighted by Crippen LogP contribution is 2.24. The second-order valence-electron chi connectivity index (χ2n) is 5.60. The van der Waals surface area contributed by atoms with E-state index in [0.29, 0.717) is 18.5 Å². The van der Waals surface area contributed by atoms with Crippen molar-refractivity contribution >= 4 is 16.9 Å². The number of benzene rings is 1. The van der Waals surface area contributed by atoms with Crippen LogP contribution in [0.5, 0.6) is 0 Å². The Morgan fingerprint density at radius 3 is 2.95 bits per heavy atom. The minimum atomic E-state index is -0.325. The summed E-state index contributed by atoms with van der Waals surface area (Å²) in [5.41, 5.74) is 1.15. The zero-order valence-corrected chi connectivity index (χ0v) is 12.2. The highest BCUT2D eigenvalue weighted by Gasteiger charge is 2.25. The minimum Gasteiger partial charge on any atom is -0.353 e. The van der Waals surface area contributed by atoms with Gasteiger partial charge >= 0.3 is 0 Å². The molecule has 0 spiro atoms. The molecule has 1 aromatic carbocycles. The van der Waals surface area contributed by atoms with Gasteiger partial charge in [0, 0.05) is 25.6 Å². The molecule has 2 heterocycles. The van der Waals surface area contributed by atoms with E-state index in [4.69, 9.17) is 0 Å². The molecule has 1 atom stereocenters. The average Bonchev–Trinajstić information content (AvgIpc) is 2.81. The van der Waals surface area contributed by atoms with Crippen LogP contribution in [0.1, 0.15) is 25.7 Å². The van der Waals surface area contributed by atoms with Crippen molar-refractivity contribution in [2.45, 2.75) is 32.4 Å². The summed E-state index contributed by atoms with van der Waals surface area (Å²) in [7, 11) is 0. The van der Waals surface area contributed by atoms with E-state index in [0.717, 1.165) is 17.9 Å². The van der Waals surface area contributed by atoms with Crippen LogP contribution in [0, 0.1) is 5.82 Å². The van der Waals surface area contributed by atoms with Crippen LogP contribution in [0.15, 0.2) is 18.2 Å². The van der Waals surface area contributed by atoms with Crippen LogP contribution in [-0.4, -0.2) is 34.6 Å². The molecule has 1 aliphatic heterocycles. The van der Waals surface area contributed by atoms with Crippen molar-refractivity contribution in [3.63, 3.8) is 0 Å². The van der Waals surface area contributed by atoms with Crippen molar-refractivity contribution in [3.8, 4) is 0 Å². The van der Waals surface area contributed by atoms with Gasteiger partial charge in [0.25, 0.3) is 0 Å². The maximum atomic E-state index is 13.9. The molecule has 0 bridgehead atoms. The first-order chi connectivity index (χ1) is 10.1. The summed E-state index contributed by atoms with van der Waals surface area (Å²) in [5.74, 6) is 0.387. The number of rotatable bonds is 3. The van der Waals surface area contributed by atoms with Crippen LogP contribution >= 0.6 is 0 Å². The third-order valence-corrected chi connectivity index (χ3v) is 3.78. The Hall–Kier alpha value is -1.95. The summed E-state index contributed by atoms with van der Waals surface area (Å²) in [6.07, 6.45) is 0.456. The van der Waals surface area contributed by atoms with E-state index < -0.39 is 0 Å². The van der Waals surface area contributed by atoms with Crippen LogP contribution in [0.4, 0.5) is 4.39 Å². The van der Waals surface area contributed by atoms with E-state index in [-0.39, 0.29) is 23.8 Å². The van der Waals surface area contributed by atoms with E-state index >= 15 is 0 Å². The summed E-state index contributed by atoms with van der Waals surface area (Å²) in [6.45, 7) is 5.45. The molecule has 112 valence electrons. The normalized spacial score (nSPS) is 19.2. The van der Waals surface area contributed by atoms with Gasteiger partial charge in [-0.15, -0.1) is 0 Å². The quantitative estimate of drug-likeness (QED) is 0.898. The Kier molecular flexibility index (Phi) is 3.63. The molecule has 21 heavy (non-hydrogen) atoms. The highest BCUT2D eigenvalue weighted by atomic mass is 19.1. The van der Waals surface area contributed by atoms with E-state index in [1.807, 2.05) is 24.5 Å². The number of hydrogen-bond donors (Lipinski definition) is 2. The molecule has 5 nitrogen and oxygen atoms in total. The summed E-state index contributed by atoms with van der Waals surface area (Å²) < 4.78 is 15.9. The zero-order chi connectivity index (χ0) is 15.0. The molecule has 1 amide bonds. The maximum Gasteiger partial charge on any atom is 0.237 e. The third kappa shape index (κ3) is 2.51. The molecular weight excluding hydrogens is 271 g/mol. The smallest absolute Gasteiger partial charge is 0.237 e. The number of fused-ring (bicyclic) bond motifs is 1. The predicted molar refractivity (Wildman–Crippen MR) is 78.6 cm³/mol. The van der Waals surface area contributed by atoms with Crippen LogP contribution in [-0.2, 0) is 11.2 Å². The lowest BCUT2D eigenvalue weighted by molar-refractivity contribution is -0.124. The molecule has 1 saturated heterocycles. The average molecular weight is 290 g/mol. The summed E-state index contributed by atoms with van der Waals surface area (Å²) in [5, 5.41) is 6.02. The number of imidazole rings is 1. The second-order valence-corrected chi connectivity index (χ2v) is 5.60. The summed E-state index contributed by atoms with van der Waals surface area (Å²) in [4.78, 5) is 16.3. The second kappa shape index (κ2) is 5.44. The largest absolute Gasteiger partial charge is 0.353 e. The topological polar surface area (TPSA) is 59.0 Å². The Balaban J connectivity index is 2.03. The lowest BCUT2D eigenvalue weighted by atomic mass is 10.1. The fraction of sp³-hybridized carbons (Fsp3) is 0.467. The van der Waals surface area contributed by atoms with Crippen molar-refractivity contribution in [3.05, 3.63) is 29.8 Å². The van der Waals surface area contributed by atoms with Gasteiger partial charge in [0.1, 0.15) is 11.3 Å². The van der Waals surface area contributed by atoms with Crippen LogP contribution < -0.4 is 10.6 Å². The lowest BCUT2D eigenvalue weighted by Crippen LogP contribution is -2.54. The number of aromatic nitrogens is 2. The molecule has 1 aromatic heterocycles. The number of para-hydroxylation sites is 1. The third-order valence-electron chi connectivity index (χ3n) is 3.78. The van der Waals surface area contributed by atoms with Gasteiger partial charge in [-0.3, -0.25) is 4.79 Å². The highest BCUT2D eigenvalue weighted by molar-refractivity contribution is 5.83. The van der Waals surface area contributed by atoms with Gasteiger partial charge in [0.15, 0.2) is 5.82 Å². The number of nitrogens with one attached hydrogen (secondary N) is 2. The molecular formula is C15H19FN4O. The Morgan fingerprint density at radius 2 is 2.24 bits per heavy atom. The Morgan fingerprint density at radius 1 is 1.43 bits per heavy atom. The summed E-state index contributed by atoms with van der Waals surface area (Å²) >= 11 is 0. The minimum absolute atomic E-state index is 0.0240. The maximum absolute atomic E-state index is 13.9. The first-order valence-corrected chi connectivity index (χ1v) is 7.24. The number of nitrogens with zero attached hydrogens (tertiary/aromatic N) is 2. The number of piperazine rings is 1. The van der Waals surface area contributed by atoms with Crippen molar-refractivity contribution in [1.29, 1.82) is 0 Å². The Bertz CT molecular complexity index is 680. The number of halogens is 1. The van der Waals surface area contributed by atoms with Gasteiger partial charge in [-0.1, -0.05) is 6.07 Å². The van der Waals surface area contributed by atoms with E-state index in [2.05, 4.69) is 15.6 Å². The molecule has 0 radical (unpaired) electrons. The molecule has 0 aliphatic carbocycles. The van der Waals surface area contributed by atoms with E-state index in [1.165, 1.54) is 6.07 Å². The lowest BCUT2D eigenvalue weighted by Gasteiger charge is -2.24. The van der Waals surface area contributed by atoms with Crippen LogP contribution in [0.2, 0.25) is 0 Å². The SMILES string of the molecule is CC(C)n1c(CC2NCCNC2=O)nc2c(F)cccc21. The van der Waals surface area contributed by atoms with Gasteiger partial charge in [-0.25, -0.2) is 9.37 Å². The van der Waals surface area contributed by atoms with Gasteiger partial charge in [-0.2, -0.15) is 0 Å². The van der Waals surface area contributed by atoms with E-state index in [9.17, 15) is 9.18 Å². The summed E-state index contributed by atoms with van der Waals surface area (Å²) in [6, 6.07) is 4.81. The van der Waals surface area contributed by atoms with Crippen molar-refractivity contribution < 1.29 is 9.18 Å². The van der Waals surface area contributed by atoms with Crippen molar-refractivity contribution in [1.82, 2.24) is 20.2 Å². The van der Waals surface area contributed by atoms with Crippen LogP contribution in [0.3, 0.4) is 0 Å². The monoisotopic (exact) mass is 290 g/mol.